The Kier molecular flexibility index (Phi) is 3.09. The molecule has 0 heterocycles. The SMILES string of the molecule is CC(CO)C(C)(O)C(C)(C)C. The van der Waals surface area contributed by atoms with Crippen LogP contribution >= 0.6 is 0 Å². The summed E-state index contributed by atoms with van der Waals surface area (Å²) in [4.78, 5) is 0. The highest BCUT2D eigenvalue weighted by molar-refractivity contribution is 4.90. The molecule has 0 aromatic carbocycles. The molecular weight excluding hydrogens is 140 g/mol. The van der Waals surface area contributed by atoms with E-state index >= 15 is 0 Å². The maximum atomic E-state index is 9.96. The molecule has 0 saturated carbocycles. The largest absolute Gasteiger partial charge is 0.396 e. The Morgan fingerprint density at radius 1 is 1.18 bits per heavy atom. The molecule has 0 aromatic rings. The van der Waals surface area contributed by atoms with Crippen LogP contribution < -0.4 is 0 Å². The van der Waals surface area contributed by atoms with Gasteiger partial charge in [-0.2, -0.15) is 0 Å². The minimum Gasteiger partial charge on any atom is -0.396 e. The van der Waals surface area contributed by atoms with Crippen molar-refractivity contribution in [3.8, 4) is 0 Å². The second kappa shape index (κ2) is 3.11. The lowest BCUT2D eigenvalue weighted by molar-refractivity contribution is -0.0965. The molecule has 2 atom stereocenters. The van der Waals surface area contributed by atoms with Crippen molar-refractivity contribution < 1.29 is 10.2 Å². The molecule has 11 heavy (non-hydrogen) atoms. The molecule has 0 amide bonds. The number of aliphatic hydroxyl groups is 2. The highest BCUT2D eigenvalue weighted by atomic mass is 16.3. The van der Waals surface area contributed by atoms with Gasteiger partial charge < -0.3 is 10.2 Å². The maximum absolute atomic E-state index is 9.96. The van der Waals surface area contributed by atoms with Crippen LogP contribution in [0.3, 0.4) is 0 Å². The summed E-state index contributed by atoms with van der Waals surface area (Å²) in [5.41, 5.74) is -0.989. The summed E-state index contributed by atoms with van der Waals surface area (Å²) in [6.45, 7) is 9.57. The number of hydrogen-bond donors (Lipinski definition) is 2. The summed E-state index contributed by atoms with van der Waals surface area (Å²) in [5, 5.41) is 18.8. The molecule has 68 valence electrons. The molecule has 0 bridgehead atoms. The van der Waals surface area contributed by atoms with Crippen molar-refractivity contribution in [1.82, 2.24) is 0 Å². The molecule has 2 heteroatoms. The third-order valence-corrected chi connectivity index (χ3v) is 2.75. The molecule has 0 rings (SSSR count). The average molecular weight is 160 g/mol. The van der Waals surface area contributed by atoms with Crippen molar-refractivity contribution in [3.05, 3.63) is 0 Å². The first-order valence-electron chi connectivity index (χ1n) is 4.06. The summed E-state index contributed by atoms with van der Waals surface area (Å²) in [6.07, 6.45) is 0. The lowest BCUT2D eigenvalue weighted by atomic mass is 9.71. The van der Waals surface area contributed by atoms with Crippen molar-refractivity contribution in [1.29, 1.82) is 0 Å². The Balaban J connectivity index is 4.45. The zero-order valence-corrected chi connectivity index (χ0v) is 8.18. The minimum absolute atomic E-state index is 0.0320. The van der Waals surface area contributed by atoms with E-state index in [1.807, 2.05) is 27.7 Å². The molecule has 0 aromatic heterocycles. The summed E-state index contributed by atoms with van der Waals surface area (Å²) >= 11 is 0. The molecule has 0 aliphatic heterocycles. The molecule has 0 saturated heterocycles. The fourth-order valence-corrected chi connectivity index (χ4v) is 0.917. The molecule has 2 unspecified atom stereocenters. The quantitative estimate of drug-likeness (QED) is 0.641. The van der Waals surface area contributed by atoms with Gasteiger partial charge in [-0.15, -0.1) is 0 Å². The molecule has 0 fully saturated rings. The fourth-order valence-electron chi connectivity index (χ4n) is 0.917. The Morgan fingerprint density at radius 3 is 1.64 bits per heavy atom. The Bertz CT molecular complexity index is 122. The Hall–Kier alpha value is -0.0800. The van der Waals surface area contributed by atoms with Crippen LogP contribution in [0.1, 0.15) is 34.6 Å². The molecule has 0 spiro atoms. The number of hydrogen-bond acceptors (Lipinski definition) is 2. The van der Waals surface area contributed by atoms with E-state index in [4.69, 9.17) is 5.11 Å². The van der Waals surface area contributed by atoms with E-state index in [0.29, 0.717) is 0 Å². The monoisotopic (exact) mass is 160 g/mol. The molecule has 2 nitrogen and oxygen atoms in total. The third-order valence-electron chi connectivity index (χ3n) is 2.75. The topological polar surface area (TPSA) is 40.5 Å². The van der Waals surface area contributed by atoms with Gasteiger partial charge in [-0.05, 0) is 12.3 Å². The van der Waals surface area contributed by atoms with E-state index in [1.54, 1.807) is 6.92 Å². The van der Waals surface area contributed by atoms with Gasteiger partial charge in [-0.25, -0.2) is 0 Å². The van der Waals surface area contributed by atoms with Gasteiger partial charge in [0.05, 0.1) is 5.60 Å². The molecule has 0 aliphatic rings. The van der Waals surface area contributed by atoms with Crippen LogP contribution in [0.25, 0.3) is 0 Å². The smallest absolute Gasteiger partial charge is 0.0714 e. The van der Waals surface area contributed by atoms with Gasteiger partial charge >= 0.3 is 0 Å². The van der Waals surface area contributed by atoms with Crippen LogP contribution in [-0.2, 0) is 0 Å². The normalized spacial score (nSPS) is 21.0. The van der Waals surface area contributed by atoms with Gasteiger partial charge in [-0.1, -0.05) is 27.7 Å². The lowest BCUT2D eigenvalue weighted by Crippen LogP contribution is -2.46. The first kappa shape index (κ1) is 10.9. The van der Waals surface area contributed by atoms with Crippen LogP contribution in [0.2, 0.25) is 0 Å². The van der Waals surface area contributed by atoms with Crippen molar-refractivity contribution in [2.75, 3.05) is 6.61 Å². The van der Waals surface area contributed by atoms with Gasteiger partial charge in [0.1, 0.15) is 0 Å². The predicted molar refractivity (Wildman–Crippen MR) is 46.3 cm³/mol. The lowest BCUT2D eigenvalue weighted by Gasteiger charge is -2.41. The van der Waals surface area contributed by atoms with Crippen molar-refractivity contribution >= 4 is 0 Å². The molecular formula is C9H20O2. The van der Waals surface area contributed by atoms with Gasteiger partial charge in [0.15, 0.2) is 0 Å². The van der Waals surface area contributed by atoms with Gasteiger partial charge in [0.25, 0.3) is 0 Å². The van der Waals surface area contributed by atoms with E-state index < -0.39 is 5.60 Å². The van der Waals surface area contributed by atoms with E-state index in [9.17, 15) is 5.11 Å². The van der Waals surface area contributed by atoms with E-state index in [0.717, 1.165) is 0 Å². The van der Waals surface area contributed by atoms with Crippen molar-refractivity contribution in [2.45, 2.75) is 40.2 Å². The van der Waals surface area contributed by atoms with Crippen LogP contribution in [-0.4, -0.2) is 22.4 Å². The van der Waals surface area contributed by atoms with Crippen molar-refractivity contribution in [3.63, 3.8) is 0 Å². The van der Waals surface area contributed by atoms with E-state index in [-0.39, 0.29) is 17.9 Å². The zero-order chi connectivity index (χ0) is 9.28. The second-order valence-electron chi connectivity index (χ2n) is 4.48. The van der Waals surface area contributed by atoms with E-state index in [2.05, 4.69) is 0 Å². The predicted octanol–water partition coefficient (Wildman–Crippen LogP) is 1.41. The van der Waals surface area contributed by atoms with Crippen LogP contribution in [0.15, 0.2) is 0 Å². The van der Waals surface area contributed by atoms with Gasteiger partial charge in [0, 0.05) is 12.5 Å². The van der Waals surface area contributed by atoms with Crippen molar-refractivity contribution in [2.24, 2.45) is 11.3 Å². The summed E-state index contributed by atoms with van der Waals surface area (Å²) in [7, 11) is 0. The first-order chi connectivity index (χ1) is 4.73. The first-order valence-corrected chi connectivity index (χ1v) is 4.06. The second-order valence-corrected chi connectivity index (χ2v) is 4.48. The highest BCUT2D eigenvalue weighted by Gasteiger charge is 2.39. The van der Waals surface area contributed by atoms with Crippen LogP contribution in [0, 0.1) is 11.3 Å². The average Bonchev–Trinajstić information content (AvgIpc) is 1.83. The maximum Gasteiger partial charge on any atom is 0.0714 e. The Labute approximate surface area is 69.2 Å². The minimum atomic E-state index is -0.804. The Morgan fingerprint density at radius 2 is 1.55 bits per heavy atom. The van der Waals surface area contributed by atoms with Gasteiger partial charge in [0.2, 0.25) is 0 Å². The van der Waals surface area contributed by atoms with Gasteiger partial charge in [-0.3, -0.25) is 0 Å². The van der Waals surface area contributed by atoms with Crippen LogP contribution in [0.5, 0.6) is 0 Å². The molecule has 0 radical (unpaired) electrons. The molecule has 2 N–H and O–H groups in total. The van der Waals surface area contributed by atoms with E-state index in [1.165, 1.54) is 0 Å². The number of aliphatic hydroxyl groups excluding tert-OH is 1. The third kappa shape index (κ3) is 2.17. The summed E-state index contributed by atoms with van der Waals surface area (Å²) in [5.74, 6) is -0.0810. The summed E-state index contributed by atoms with van der Waals surface area (Å²) < 4.78 is 0. The fraction of sp³-hybridized carbons (Fsp3) is 1.00. The zero-order valence-electron chi connectivity index (χ0n) is 8.18. The highest BCUT2D eigenvalue weighted by Crippen LogP contribution is 2.35. The molecule has 0 aliphatic carbocycles. The summed E-state index contributed by atoms with van der Waals surface area (Å²) in [6, 6.07) is 0. The standard InChI is InChI=1S/C9H20O2/c1-7(6-10)9(5,11)8(2,3)4/h7,10-11H,6H2,1-5H3. The number of rotatable bonds is 2. The van der Waals surface area contributed by atoms with Crippen LogP contribution in [0.4, 0.5) is 0 Å².